The van der Waals surface area contributed by atoms with E-state index in [1.165, 1.54) is 0 Å². The second kappa shape index (κ2) is 9.96. The Morgan fingerprint density at radius 2 is 2.04 bits per heavy atom. The van der Waals surface area contributed by atoms with Gasteiger partial charge in [-0.25, -0.2) is 0 Å². The van der Waals surface area contributed by atoms with Crippen LogP contribution in [-0.4, -0.2) is 48.4 Å². The number of likely N-dealkylation sites (tertiary alicyclic amines) is 1. The third-order valence-electron chi connectivity index (χ3n) is 4.12. The van der Waals surface area contributed by atoms with Crippen molar-refractivity contribution in [3.8, 4) is 0 Å². The standard InChI is InChI=1S/C18H28N2O2S/c1-2-17(23-16-7-4-3-5-8-16)18(21)20-12-9-15(10-13-20)22-14-6-11-19/h3-5,7-8,15,17H,2,6,9-14,19H2,1H3. The monoisotopic (exact) mass is 336 g/mol. The van der Waals surface area contributed by atoms with Gasteiger partial charge in [0.05, 0.1) is 11.4 Å². The number of benzene rings is 1. The van der Waals surface area contributed by atoms with Gasteiger partial charge in [0, 0.05) is 24.6 Å². The number of thioether (sulfide) groups is 1. The minimum Gasteiger partial charge on any atom is -0.378 e. The maximum absolute atomic E-state index is 12.7. The van der Waals surface area contributed by atoms with Crippen LogP contribution >= 0.6 is 11.8 Å². The van der Waals surface area contributed by atoms with Crippen molar-refractivity contribution in [1.82, 2.24) is 4.90 Å². The number of ether oxygens (including phenoxy) is 1. The molecule has 1 saturated heterocycles. The van der Waals surface area contributed by atoms with E-state index in [1.54, 1.807) is 11.8 Å². The summed E-state index contributed by atoms with van der Waals surface area (Å²) in [5.74, 6) is 0.266. The number of piperidine rings is 1. The topological polar surface area (TPSA) is 55.6 Å². The van der Waals surface area contributed by atoms with Gasteiger partial charge in [-0.05, 0) is 44.4 Å². The summed E-state index contributed by atoms with van der Waals surface area (Å²) in [7, 11) is 0. The minimum absolute atomic E-state index is 0.00658. The normalized spacial score (nSPS) is 17.2. The molecule has 0 bridgehead atoms. The lowest BCUT2D eigenvalue weighted by atomic mass is 10.1. The Kier molecular flexibility index (Phi) is 7.92. The van der Waals surface area contributed by atoms with Crippen LogP contribution in [-0.2, 0) is 9.53 Å². The molecule has 128 valence electrons. The zero-order valence-electron chi connectivity index (χ0n) is 13.9. The fourth-order valence-corrected chi connectivity index (χ4v) is 3.81. The molecule has 1 aromatic carbocycles. The van der Waals surface area contributed by atoms with E-state index < -0.39 is 0 Å². The van der Waals surface area contributed by atoms with Crippen molar-refractivity contribution < 1.29 is 9.53 Å². The van der Waals surface area contributed by atoms with Gasteiger partial charge in [0.2, 0.25) is 5.91 Å². The largest absolute Gasteiger partial charge is 0.378 e. The number of rotatable bonds is 8. The van der Waals surface area contributed by atoms with Gasteiger partial charge in [-0.2, -0.15) is 0 Å². The SMILES string of the molecule is CCC(Sc1ccccc1)C(=O)N1CCC(OCCCN)CC1. The second-order valence-corrected chi connectivity index (χ2v) is 7.14. The third-order valence-corrected chi connectivity index (χ3v) is 5.49. The van der Waals surface area contributed by atoms with Gasteiger partial charge in [-0.3, -0.25) is 4.79 Å². The first-order chi connectivity index (χ1) is 11.2. The minimum atomic E-state index is 0.00658. The molecule has 2 rings (SSSR count). The van der Waals surface area contributed by atoms with Gasteiger partial charge in [-0.1, -0.05) is 25.1 Å². The average molecular weight is 337 g/mol. The van der Waals surface area contributed by atoms with Crippen LogP contribution in [0.3, 0.4) is 0 Å². The van der Waals surface area contributed by atoms with Crippen LogP contribution in [0, 0.1) is 0 Å². The number of carbonyl (C=O) groups is 1. The summed E-state index contributed by atoms with van der Waals surface area (Å²) in [5, 5.41) is 0.00658. The molecule has 1 aliphatic rings. The number of nitrogens with two attached hydrogens (primary N) is 1. The summed E-state index contributed by atoms with van der Waals surface area (Å²) in [6.07, 6.45) is 3.91. The molecule has 5 heteroatoms. The first-order valence-electron chi connectivity index (χ1n) is 8.56. The Morgan fingerprint density at radius 1 is 1.35 bits per heavy atom. The van der Waals surface area contributed by atoms with E-state index in [1.807, 2.05) is 23.1 Å². The number of carbonyl (C=O) groups excluding carboxylic acids is 1. The van der Waals surface area contributed by atoms with Crippen molar-refractivity contribution in [1.29, 1.82) is 0 Å². The van der Waals surface area contributed by atoms with Gasteiger partial charge < -0.3 is 15.4 Å². The van der Waals surface area contributed by atoms with E-state index in [-0.39, 0.29) is 17.3 Å². The van der Waals surface area contributed by atoms with Crippen LogP contribution in [0.15, 0.2) is 35.2 Å². The van der Waals surface area contributed by atoms with Gasteiger partial charge >= 0.3 is 0 Å². The van der Waals surface area contributed by atoms with E-state index >= 15 is 0 Å². The number of hydrogen-bond acceptors (Lipinski definition) is 4. The fourth-order valence-electron chi connectivity index (χ4n) is 2.75. The summed E-state index contributed by atoms with van der Waals surface area (Å²) in [5.41, 5.74) is 5.48. The molecule has 1 heterocycles. The molecule has 1 fully saturated rings. The molecule has 0 aromatic heterocycles. The summed E-state index contributed by atoms with van der Waals surface area (Å²) in [6.45, 7) is 5.10. The second-order valence-electron chi connectivity index (χ2n) is 5.87. The van der Waals surface area contributed by atoms with Crippen molar-refractivity contribution in [3.63, 3.8) is 0 Å². The smallest absolute Gasteiger partial charge is 0.236 e. The third kappa shape index (κ3) is 5.83. The first kappa shape index (κ1) is 18.3. The van der Waals surface area contributed by atoms with E-state index in [2.05, 4.69) is 19.1 Å². The molecule has 0 radical (unpaired) electrons. The van der Waals surface area contributed by atoms with Gasteiger partial charge in [-0.15, -0.1) is 11.8 Å². The van der Waals surface area contributed by atoms with E-state index in [4.69, 9.17) is 10.5 Å². The lowest BCUT2D eigenvalue weighted by Gasteiger charge is -2.34. The highest BCUT2D eigenvalue weighted by molar-refractivity contribution is 8.00. The molecule has 4 nitrogen and oxygen atoms in total. The van der Waals surface area contributed by atoms with E-state index in [0.29, 0.717) is 6.54 Å². The van der Waals surface area contributed by atoms with E-state index in [9.17, 15) is 4.79 Å². The maximum atomic E-state index is 12.7. The molecule has 0 saturated carbocycles. The van der Waals surface area contributed by atoms with Crippen molar-refractivity contribution in [2.45, 2.75) is 48.9 Å². The summed E-state index contributed by atoms with van der Waals surface area (Å²) >= 11 is 1.67. The molecule has 0 spiro atoms. The zero-order chi connectivity index (χ0) is 16.5. The number of amides is 1. The Labute approximate surface area is 143 Å². The molecule has 1 aliphatic heterocycles. The summed E-state index contributed by atoms with van der Waals surface area (Å²) < 4.78 is 5.81. The van der Waals surface area contributed by atoms with Crippen LogP contribution in [0.4, 0.5) is 0 Å². The summed E-state index contributed by atoms with van der Waals surface area (Å²) in [4.78, 5) is 15.9. The Hall–Kier alpha value is -1.04. The van der Waals surface area contributed by atoms with Crippen molar-refractivity contribution in [2.24, 2.45) is 5.73 Å². The molecule has 1 atom stereocenters. The van der Waals surface area contributed by atoms with Gasteiger partial charge in [0.1, 0.15) is 0 Å². The van der Waals surface area contributed by atoms with Crippen LogP contribution in [0.1, 0.15) is 32.6 Å². The molecule has 1 amide bonds. The zero-order valence-corrected chi connectivity index (χ0v) is 14.8. The van der Waals surface area contributed by atoms with Crippen molar-refractivity contribution in [2.75, 3.05) is 26.2 Å². The van der Waals surface area contributed by atoms with Gasteiger partial charge in [0.15, 0.2) is 0 Å². The van der Waals surface area contributed by atoms with Crippen LogP contribution < -0.4 is 5.73 Å². The van der Waals surface area contributed by atoms with Crippen LogP contribution in [0.5, 0.6) is 0 Å². The predicted octanol–water partition coefficient (Wildman–Crippen LogP) is 2.91. The molecule has 1 unspecified atom stereocenters. The highest BCUT2D eigenvalue weighted by Gasteiger charge is 2.28. The van der Waals surface area contributed by atoms with Gasteiger partial charge in [0.25, 0.3) is 0 Å². The highest BCUT2D eigenvalue weighted by Crippen LogP contribution is 2.27. The predicted molar refractivity (Wildman–Crippen MR) is 95.6 cm³/mol. The molecule has 2 N–H and O–H groups in total. The maximum Gasteiger partial charge on any atom is 0.236 e. The fraction of sp³-hybridized carbons (Fsp3) is 0.611. The Balaban J connectivity index is 1.80. The lowest BCUT2D eigenvalue weighted by Crippen LogP contribution is -2.44. The lowest BCUT2D eigenvalue weighted by molar-refractivity contribution is -0.133. The van der Waals surface area contributed by atoms with Crippen molar-refractivity contribution in [3.05, 3.63) is 30.3 Å². The number of hydrogen-bond donors (Lipinski definition) is 1. The average Bonchev–Trinajstić information content (AvgIpc) is 2.61. The quantitative estimate of drug-likeness (QED) is 0.586. The molecule has 0 aliphatic carbocycles. The Morgan fingerprint density at radius 3 is 2.65 bits per heavy atom. The Bertz CT molecular complexity index is 461. The molecule has 23 heavy (non-hydrogen) atoms. The van der Waals surface area contributed by atoms with Crippen LogP contribution in [0.2, 0.25) is 0 Å². The molecule has 1 aromatic rings. The summed E-state index contributed by atoms with van der Waals surface area (Å²) in [6, 6.07) is 10.2. The molecular formula is C18H28N2O2S. The highest BCUT2D eigenvalue weighted by atomic mass is 32.2. The van der Waals surface area contributed by atoms with E-state index in [0.717, 1.165) is 50.3 Å². The molecular weight excluding hydrogens is 308 g/mol. The first-order valence-corrected chi connectivity index (χ1v) is 9.44. The van der Waals surface area contributed by atoms with Crippen molar-refractivity contribution >= 4 is 17.7 Å². The van der Waals surface area contributed by atoms with Crippen LogP contribution in [0.25, 0.3) is 0 Å². The number of nitrogens with zero attached hydrogens (tertiary/aromatic N) is 1.